The van der Waals surface area contributed by atoms with Gasteiger partial charge in [0.05, 0.1) is 0 Å². The maximum absolute atomic E-state index is 5.92. The molecule has 1 aromatic carbocycles. The van der Waals surface area contributed by atoms with Crippen LogP contribution in [0.25, 0.3) is 0 Å². The Bertz CT molecular complexity index is 496. The Morgan fingerprint density at radius 2 is 2.12 bits per heavy atom. The number of nitrogens with two attached hydrogens (primary N) is 1. The summed E-state index contributed by atoms with van der Waals surface area (Å²) in [5.41, 5.74) is 9.59. The van der Waals surface area contributed by atoms with Crippen molar-refractivity contribution in [2.45, 2.75) is 24.5 Å². The summed E-state index contributed by atoms with van der Waals surface area (Å²) < 4.78 is 4.64. The van der Waals surface area contributed by atoms with Gasteiger partial charge in [0.2, 0.25) is 0 Å². The zero-order valence-corrected chi connectivity index (χ0v) is 10.0. The largest absolute Gasteiger partial charge is 0.398 e. The number of aryl methyl sites for hydroxylation is 2. The molecule has 84 valence electrons. The van der Waals surface area contributed by atoms with Crippen LogP contribution in [0.5, 0.6) is 0 Å². The topological polar surface area (TPSA) is 64.9 Å². The summed E-state index contributed by atoms with van der Waals surface area (Å²) in [4.78, 5) is 1.06. The molecule has 0 bridgehead atoms. The van der Waals surface area contributed by atoms with Gasteiger partial charge in [-0.25, -0.2) is 4.63 Å². The summed E-state index contributed by atoms with van der Waals surface area (Å²) in [6.45, 7) is 3.90. The molecule has 16 heavy (non-hydrogen) atoms. The second-order valence-electron chi connectivity index (χ2n) is 3.63. The second kappa shape index (κ2) is 4.57. The fourth-order valence-corrected chi connectivity index (χ4v) is 2.27. The van der Waals surface area contributed by atoms with Crippen molar-refractivity contribution in [3.63, 3.8) is 0 Å². The third-order valence-corrected chi connectivity index (χ3v) is 3.38. The number of hydrogen-bond acceptors (Lipinski definition) is 5. The van der Waals surface area contributed by atoms with Gasteiger partial charge in [-0.1, -0.05) is 16.4 Å². The molecule has 0 radical (unpaired) electrons. The average Bonchev–Trinajstić information content (AvgIpc) is 2.63. The lowest BCUT2D eigenvalue weighted by Crippen LogP contribution is -1.91. The van der Waals surface area contributed by atoms with Gasteiger partial charge >= 0.3 is 0 Å². The van der Waals surface area contributed by atoms with E-state index in [0.29, 0.717) is 0 Å². The first-order chi connectivity index (χ1) is 7.66. The molecule has 0 spiro atoms. The van der Waals surface area contributed by atoms with E-state index in [1.54, 1.807) is 11.8 Å². The fourth-order valence-electron chi connectivity index (χ4n) is 1.33. The fraction of sp³-hybridized carbons (Fsp3) is 0.273. The van der Waals surface area contributed by atoms with Crippen LogP contribution in [-0.4, -0.2) is 10.3 Å². The Kier molecular flexibility index (Phi) is 3.14. The number of aromatic nitrogens is 2. The molecular weight excluding hydrogens is 222 g/mol. The van der Waals surface area contributed by atoms with Gasteiger partial charge in [0.25, 0.3) is 0 Å². The molecule has 0 aliphatic heterocycles. The zero-order valence-electron chi connectivity index (χ0n) is 9.23. The molecule has 5 heteroatoms. The van der Waals surface area contributed by atoms with E-state index in [-0.39, 0.29) is 0 Å². The lowest BCUT2D eigenvalue weighted by Gasteiger charge is -2.04. The van der Waals surface area contributed by atoms with E-state index in [1.807, 2.05) is 32.0 Å². The molecular formula is C11H13N3OS. The van der Waals surface area contributed by atoms with Gasteiger partial charge in [-0.3, -0.25) is 0 Å². The normalized spacial score (nSPS) is 10.6. The summed E-state index contributed by atoms with van der Waals surface area (Å²) in [7, 11) is 0. The predicted molar refractivity (Wildman–Crippen MR) is 64.2 cm³/mol. The first-order valence-electron chi connectivity index (χ1n) is 4.94. The van der Waals surface area contributed by atoms with Gasteiger partial charge in [-0.15, -0.1) is 11.8 Å². The molecule has 0 aliphatic carbocycles. The molecule has 0 unspecified atom stereocenters. The first-order valence-corrected chi connectivity index (χ1v) is 5.92. The van der Waals surface area contributed by atoms with Crippen LogP contribution in [0.3, 0.4) is 0 Å². The van der Waals surface area contributed by atoms with Gasteiger partial charge in [0.1, 0.15) is 11.4 Å². The van der Waals surface area contributed by atoms with Crippen molar-refractivity contribution in [3.8, 4) is 0 Å². The third-order valence-electron chi connectivity index (χ3n) is 2.28. The van der Waals surface area contributed by atoms with Crippen molar-refractivity contribution in [1.82, 2.24) is 10.3 Å². The van der Waals surface area contributed by atoms with Crippen LogP contribution < -0.4 is 5.73 Å². The van der Waals surface area contributed by atoms with E-state index in [9.17, 15) is 0 Å². The quantitative estimate of drug-likeness (QED) is 0.654. The number of nitrogen functional groups attached to an aromatic ring is 1. The van der Waals surface area contributed by atoms with E-state index < -0.39 is 0 Å². The van der Waals surface area contributed by atoms with Gasteiger partial charge in [0.15, 0.2) is 0 Å². The van der Waals surface area contributed by atoms with Crippen LogP contribution in [0, 0.1) is 13.8 Å². The van der Waals surface area contributed by atoms with Crippen LogP contribution in [-0.2, 0) is 5.75 Å². The molecule has 2 N–H and O–H groups in total. The maximum atomic E-state index is 5.92. The summed E-state index contributed by atoms with van der Waals surface area (Å²) in [5.74, 6) is 0.725. The first kappa shape index (κ1) is 11.0. The van der Waals surface area contributed by atoms with E-state index in [4.69, 9.17) is 5.73 Å². The molecule has 0 aliphatic rings. The van der Waals surface area contributed by atoms with E-state index in [0.717, 1.165) is 27.7 Å². The van der Waals surface area contributed by atoms with Crippen molar-refractivity contribution in [2.24, 2.45) is 0 Å². The molecule has 1 aromatic heterocycles. The minimum Gasteiger partial charge on any atom is -0.398 e. The highest BCUT2D eigenvalue weighted by Gasteiger charge is 2.07. The Morgan fingerprint density at radius 3 is 2.75 bits per heavy atom. The summed E-state index contributed by atoms with van der Waals surface area (Å²) in [6, 6.07) is 6.04. The molecule has 0 fully saturated rings. The van der Waals surface area contributed by atoms with E-state index >= 15 is 0 Å². The molecule has 0 amide bonds. The summed E-state index contributed by atoms with van der Waals surface area (Å²) >= 11 is 1.64. The number of rotatable bonds is 3. The van der Waals surface area contributed by atoms with Crippen molar-refractivity contribution in [1.29, 1.82) is 0 Å². The minimum atomic E-state index is 0.725. The standard InChI is InChI=1S/C11H13N3OS/c1-7-3-4-11(9(12)5-7)16-6-10-8(2)13-15-14-10/h3-5H,6,12H2,1-2H3. The zero-order chi connectivity index (χ0) is 11.5. The van der Waals surface area contributed by atoms with E-state index in [1.165, 1.54) is 5.56 Å². The van der Waals surface area contributed by atoms with Crippen LogP contribution in [0.2, 0.25) is 0 Å². The number of hydrogen-bond donors (Lipinski definition) is 1. The molecule has 0 saturated heterocycles. The Balaban J connectivity index is 2.08. The van der Waals surface area contributed by atoms with Gasteiger partial charge in [-0.05, 0) is 31.5 Å². The number of benzene rings is 1. The van der Waals surface area contributed by atoms with Gasteiger partial charge in [0, 0.05) is 16.3 Å². The highest BCUT2D eigenvalue weighted by molar-refractivity contribution is 7.98. The lowest BCUT2D eigenvalue weighted by molar-refractivity contribution is 0.302. The van der Waals surface area contributed by atoms with Crippen molar-refractivity contribution in [3.05, 3.63) is 35.2 Å². The Labute approximate surface area is 98.2 Å². The monoisotopic (exact) mass is 235 g/mol. The highest BCUT2D eigenvalue weighted by Crippen LogP contribution is 2.28. The van der Waals surface area contributed by atoms with Crippen LogP contribution >= 0.6 is 11.8 Å². The SMILES string of the molecule is Cc1ccc(SCc2nonc2C)c(N)c1. The number of thioether (sulfide) groups is 1. The van der Waals surface area contributed by atoms with Crippen LogP contribution in [0.15, 0.2) is 27.7 Å². The maximum Gasteiger partial charge on any atom is 0.118 e. The number of anilines is 1. The third kappa shape index (κ3) is 2.36. The molecule has 1 heterocycles. The number of nitrogens with zero attached hydrogens (tertiary/aromatic N) is 2. The second-order valence-corrected chi connectivity index (χ2v) is 4.64. The molecule has 0 atom stereocenters. The summed E-state index contributed by atoms with van der Waals surface area (Å²) in [5, 5.41) is 7.57. The minimum absolute atomic E-state index is 0.725. The van der Waals surface area contributed by atoms with Crippen LogP contribution in [0.1, 0.15) is 17.0 Å². The lowest BCUT2D eigenvalue weighted by atomic mass is 10.2. The van der Waals surface area contributed by atoms with Gasteiger partial charge < -0.3 is 5.73 Å². The average molecular weight is 235 g/mol. The van der Waals surface area contributed by atoms with Crippen molar-refractivity contribution < 1.29 is 4.63 Å². The molecule has 2 rings (SSSR count). The van der Waals surface area contributed by atoms with Gasteiger partial charge in [-0.2, -0.15) is 0 Å². The van der Waals surface area contributed by atoms with E-state index in [2.05, 4.69) is 14.9 Å². The smallest absolute Gasteiger partial charge is 0.118 e. The molecule has 0 saturated carbocycles. The Morgan fingerprint density at radius 1 is 1.31 bits per heavy atom. The van der Waals surface area contributed by atoms with Crippen molar-refractivity contribution >= 4 is 17.4 Å². The molecule has 4 nitrogen and oxygen atoms in total. The Hall–Kier alpha value is -1.49. The summed E-state index contributed by atoms with van der Waals surface area (Å²) in [6.07, 6.45) is 0. The predicted octanol–water partition coefficient (Wildman–Crippen LogP) is 2.56. The van der Waals surface area contributed by atoms with Crippen LogP contribution in [0.4, 0.5) is 5.69 Å². The van der Waals surface area contributed by atoms with Crippen molar-refractivity contribution in [2.75, 3.05) is 5.73 Å². The molecule has 2 aromatic rings. The highest BCUT2D eigenvalue weighted by atomic mass is 32.2.